The van der Waals surface area contributed by atoms with E-state index in [4.69, 9.17) is 5.11 Å². The fourth-order valence-corrected chi connectivity index (χ4v) is 1.50. The minimum absolute atomic E-state index is 0.352. The monoisotopic (exact) mass is 254 g/mol. The Hall–Kier alpha value is -2.05. The van der Waals surface area contributed by atoms with Crippen LogP contribution in [-0.4, -0.2) is 39.5 Å². The van der Waals surface area contributed by atoms with Crippen LogP contribution in [0.4, 0.5) is 4.79 Å². The molecule has 0 saturated carbocycles. The van der Waals surface area contributed by atoms with Gasteiger partial charge in [-0.25, -0.2) is 9.59 Å². The molecule has 0 aliphatic carbocycles. The van der Waals surface area contributed by atoms with Gasteiger partial charge in [0.25, 0.3) is 0 Å². The molecule has 1 atom stereocenters. The third-order valence-electron chi connectivity index (χ3n) is 2.60. The second-order valence-corrected chi connectivity index (χ2v) is 3.90. The standard InChI is InChI=1S/C11H18N4O3/c1-3-9(10(16)17)14-11(18)12-6-4-8-5-7-13-15(8)2/h5,7,9H,3-4,6H2,1-2H3,(H,16,17)(H2,12,14,18)/t9-/m1/s1. The highest BCUT2D eigenvalue weighted by molar-refractivity contribution is 5.82. The van der Waals surface area contributed by atoms with Crippen molar-refractivity contribution in [3.8, 4) is 0 Å². The number of urea groups is 1. The van der Waals surface area contributed by atoms with Crippen LogP contribution in [0.25, 0.3) is 0 Å². The second-order valence-electron chi connectivity index (χ2n) is 3.90. The number of carboxylic acids is 1. The van der Waals surface area contributed by atoms with Crippen LogP contribution in [0.2, 0.25) is 0 Å². The first-order valence-corrected chi connectivity index (χ1v) is 5.78. The number of hydrogen-bond acceptors (Lipinski definition) is 3. The fourth-order valence-electron chi connectivity index (χ4n) is 1.50. The Morgan fingerprint density at radius 2 is 2.28 bits per heavy atom. The summed E-state index contributed by atoms with van der Waals surface area (Å²) in [5, 5.41) is 17.8. The van der Waals surface area contributed by atoms with Crippen molar-refractivity contribution in [2.24, 2.45) is 7.05 Å². The molecule has 2 amide bonds. The Morgan fingerprint density at radius 3 is 2.78 bits per heavy atom. The van der Waals surface area contributed by atoms with E-state index >= 15 is 0 Å². The molecule has 0 radical (unpaired) electrons. The zero-order valence-corrected chi connectivity index (χ0v) is 10.5. The summed E-state index contributed by atoms with van der Waals surface area (Å²) in [6.07, 6.45) is 2.69. The minimum atomic E-state index is -1.03. The lowest BCUT2D eigenvalue weighted by molar-refractivity contribution is -0.139. The number of carboxylic acid groups (broad SMARTS) is 1. The number of carbonyl (C=O) groups is 2. The lowest BCUT2D eigenvalue weighted by Gasteiger charge is -2.13. The normalized spacial score (nSPS) is 11.9. The number of nitrogens with one attached hydrogen (secondary N) is 2. The SMILES string of the molecule is CC[C@@H](NC(=O)NCCc1ccnn1C)C(=O)O. The largest absolute Gasteiger partial charge is 0.480 e. The van der Waals surface area contributed by atoms with Gasteiger partial charge < -0.3 is 15.7 Å². The predicted octanol–water partition coefficient (Wildman–Crippen LogP) is 0.125. The van der Waals surface area contributed by atoms with Gasteiger partial charge in [0.2, 0.25) is 0 Å². The van der Waals surface area contributed by atoms with E-state index in [2.05, 4.69) is 15.7 Å². The van der Waals surface area contributed by atoms with Crippen molar-refractivity contribution in [1.29, 1.82) is 0 Å². The Morgan fingerprint density at radius 1 is 1.56 bits per heavy atom. The first kappa shape index (κ1) is 14.0. The molecule has 0 aliphatic rings. The molecule has 0 spiro atoms. The van der Waals surface area contributed by atoms with Crippen molar-refractivity contribution in [3.63, 3.8) is 0 Å². The molecule has 0 aliphatic heterocycles. The summed E-state index contributed by atoms with van der Waals surface area (Å²) >= 11 is 0. The van der Waals surface area contributed by atoms with Crippen LogP contribution in [0.3, 0.4) is 0 Å². The molecule has 0 saturated heterocycles. The third-order valence-corrected chi connectivity index (χ3v) is 2.60. The summed E-state index contributed by atoms with van der Waals surface area (Å²) in [4.78, 5) is 22.1. The Kier molecular flexibility index (Phi) is 5.16. The first-order valence-electron chi connectivity index (χ1n) is 5.78. The summed E-state index contributed by atoms with van der Waals surface area (Å²) in [6, 6.07) is 0.555. The number of aromatic nitrogens is 2. The van der Waals surface area contributed by atoms with Crippen LogP contribution in [0, 0.1) is 0 Å². The predicted molar refractivity (Wildman–Crippen MR) is 65.2 cm³/mol. The zero-order valence-electron chi connectivity index (χ0n) is 10.5. The quantitative estimate of drug-likeness (QED) is 0.672. The molecule has 1 aromatic heterocycles. The van der Waals surface area contributed by atoms with Gasteiger partial charge in [-0.15, -0.1) is 0 Å². The average Bonchev–Trinajstić information content (AvgIpc) is 2.71. The van der Waals surface area contributed by atoms with E-state index in [0.29, 0.717) is 19.4 Å². The number of amides is 2. The molecule has 3 N–H and O–H groups in total. The highest BCUT2D eigenvalue weighted by Crippen LogP contribution is 1.96. The molecular formula is C11H18N4O3. The maximum atomic E-state index is 11.4. The number of aliphatic carboxylic acids is 1. The topological polar surface area (TPSA) is 96.3 Å². The molecule has 7 nitrogen and oxygen atoms in total. The Labute approximate surface area is 105 Å². The molecule has 0 aromatic carbocycles. The summed E-state index contributed by atoms with van der Waals surface area (Å²) in [7, 11) is 1.83. The van der Waals surface area contributed by atoms with Gasteiger partial charge in [-0.05, 0) is 12.5 Å². The smallest absolute Gasteiger partial charge is 0.326 e. The van der Waals surface area contributed by atoms with Gasteiger partial charge in [0.05, 0.1) is 0 Å². The lowest BCUT2D eigenvalue weighted by Crippen LogP contribution is -2.46. The van der Waals surface area contributed by atoms with E-state index in [-0.39, 0.29) is 0 Å². The van der Waals surface area contributed by atoms with Crippen LogP contribution in [-0.2, 0) is 18.3 Å². The number of rotatable bonds is 6. The first-order chi connectivity index (χ1) is 8.54. The second kappa shape index (κ2) is 6.63. The number of hydrogen-bond donors (Lipinski definition) is 3. The molecule has 1 heterocycles. The van der Waals surface area contributed by atoms with Crippen molar-refractivity contribution < 1.29 is 14.7 Å². The molecule has 0 unspecified atom stereocenters. The summed E-state index contributed by atoms with van der Waals surface area (Å²) in [5.41, 5.74) is 1.00. The number of aryl methyl sites for hydroxylation is 1. The molecule has 0 fully saturated rings. The van der Waals surface area contributed by atoms with Crippen LogP contribution >= 0.6 is 0 Å². The number of nitrogens with zero attached hydrogens (tertiary/aromatic N) is 2. The van der Waals surface area contributed by atoms with Crippen molar-refractivity contribution in [2.75, 3.05) is 6.54 Å². The average molecular weight is 254 g/mol. The van der Waals surface area contributed by atoms with Gasteiger partial charge in [-0.1, -0.05) is 6.92 Å². The molecular weight excluding hydrogens is 236 g/mol. The molecule has 1 rings (SSSR count). The van der Waals surface area contributed by atoms with E-state index in [1.54, 1.807) is 17.8 Å². The molecule has 1 aromatic rings. The zero-order chi connectivity index (χ0) is 13.5. The van der Waals surface area contributed by atoms with E-state index in [1.165, 1.54) is 0 Å². The van der Waals surface area contributed by atoms with E-state index < -0.39 is 18.0 Å². The van der Waals surface area contributed by atoms with Gasteiger partial charge in [-0.3, -0.25) is 4.68 Å². The maximum Gasteiger partial charge on any atom is 0.326 e. The molecule has 0 bridgehead atoms. The summed E-state index contributed by atoms with van der Waals surface area (Å²) in [6.45, 7) is 2.14. The van der Waals surface area contributed by atoms with E-state index in [9.17, 15) is 9.59 Å². The Balaban J connectivity index is 2.29. The highest BCUT2D eigenvalue weighted by atomic mass is 16.4. The van der Waals surface area contributed by atoms with Gasteiger partial charge in [0, 0.05) is 31.9 Å². The van der Waals surface area contributed by atoms with E-state index in [0.717, 1.165) is 5.69 Å². The van der Waals surface area contributed by atoms with Gasteiger partial charge >= 0.3 is 12.0 Å². The van der Waals surface area contributed by atoms with Gasteiger partial charge in [-0.2, -0.15) is 5.10 Å². The van der Waals surface area contributed by atoms with Crippen LogP contribution < -0.4 is 10.6 Å². The van der Waals surface area contributed by atoms with Crippen molar-refractivity contribution in [2.45, 2.75) is 25.8 Å². The van der Waals surface area contributed by atoms with E-state index in [1.807, 2.05) is 13.1 Å². The summed E-state index contributed by atoms with van der Waals surface area (Å²) in [5.74, 6) is -1.03. The van der Waals surface area contributed by atoms with Crippen molar-refractivity contribution in [3.05, 3.63) is 18.0 Å². The van der Waals surface area contributed by atoms with Gasteiger partial charge in [0.1, 0.15) is 6.04 Å². The number of carbonyl (C=O) groups excluding carboxylic acids is 1. The maximum absolute atomic E-state index is 11.4. The van der Waals surface area contributed by atoms with Crippen molar-refractivity contribution in [1.82, 2.24) is 20.4 Å². The molecule has 100 valence electrons. The van der Waals surface area contributed by atoms with Crippen LogP contribution in [0.5, 0.6) is 0 Å². The molecule has 18 heavy (non-hydrogen) atoms. The lowest BCUT2D eigenvalue weighted by atomic mass is 10.2. The van der Waals surface area contributed by atoms with Crippen molar-refractivity contribution >= 4 is 12.0 Å². The Bertz CT molecular complexity index is 416. The van der Waals surface area contributed by atoms with Gasteiger partial charge in [0.15, 0.2) is 0 Å². The third kappa shape index (κ3) is 4.08. The highest BCUT2D eigenvalue weighted by Gasteiger charge is 2.16. The minimum Gasteiger partial charge on any atom is -0.480 e. The van der Waals surface area contributed by atoms with Crippen LogP contribution in [0.15, 0.2) is 12.3 Å². The molecule has 7 heteroatoms. The van der Waals surface area contributed by atoms with Crippen LogP contribution in [0.1, 0.15) is 19.0 Å². The fraction of sp³-hybridized carbons (Fsp3) is 0.545. The summed E-state index contributed by atoms with van der Waals surface area (Å²) < 4.78 is 1.73.